The van der Waals surface area contributed by atoms with Gasteiger partial charge in [0.05, 0.1) is 0 Å². The summed E-state index contributed by atoms with van der Waals surface area (Å²) in [5.41, 5.74) is 3.71. The summed E-state index contributed by atoms with van der Waals surface area (Å²) in [6.45, 7) is 11.7. The summed E-state index contributed by atoms with van der Waals surface area (Å²) in [5, 5.41) is 0. The fraction of sp³-hybridized carbons (Fsp3) is 0.294. The van der Waals surface area contributed by atoms with Crippen molar-refractivity contribution >= 4 is 5.57 Å². The molecule has 96 valence electrons. The number of halogens is 1. The van der Waals surface area contributed by atoms with Gasteiger partial charge in [0.25, 0.3) is 0 Å². The lowest BCUT2D eigenvalue weighted by molar-refractivity contribution is 0.619. The first-order valence-electron chi connectivity index (χ1n) is 6.23. The third kappa shape index (κ3) is 3.43. The van der Waals surface area contributed by atoms with Crippen molar-refractivity contribution < 1.29 is 4.39 Å². The predicted molar refractivity (Wildman–Crippen MR) is 78.1 cm³/mol. The zero-order valence-electron chi connectivity index (χ0n) is 11.6. The number of rotatable bonds is 4. The van der Waals surface area contributed by atoms with Gasteiger partial charge < -0.3 is 0 Å². The summed E-state index contributed by atoms with van der Waals surface area (Å²) in [7, 11) is 0. The molecule has 0 radical (unpaired) electrons. The van der Waals surface area contributed by atoms with E-state index in [2.05, 4.69) is 20.4 Å². The van der Waals surface area contributed by atoms with Gasteiger partial charge in [0.15, 0.2) is 0 Å². The number of benzene rings is 1. The second-order valence-corrected chi connectivity index (χ2v) is 4.80. The number of hydrogen-bond donors (Lipinski definition) is 0. The lowest BCUT2D eigenvalue weighted by Gasteiger charge is -2.10. The van der Waals surface area contributed by atoms with Crippen molar-refractivity contribution in [3.8, 4) is 0 Å². The summed E-state index contributed by atoms with van der Waals surface area (Å²) in [6, 6.07) is 5.50. The van der Waals surface area contributed by atoms with Crippen molar-refractivity contribution in [2.75, 3.05) is 0 Å². The van der Waals surface area contributed by atoms with Crippen molar-refractivity contribution in [2.45, 2.75) is 33.6 Å². The van der Waals surface area contributed by atoms with E-state index in [1.165, 1.54) is 0 Å². The molecule has 0 nitrogen and oxygen atoms in total. The highest BCUT2D eigenvalue weighted by Crippen LogP contribution is 2.25. The Morgan fingerprint density at radius 1 is 1.28 bits per heavy atom. The molecule has 0 bridgehead atoms. The monoisotopic (exact) mass is 244 g/mol. The van der Waals surface area contributed by atoms with E-state index >= 15 is 0 Å². The van der Waals surface area contributed by atoms with Gasteiger partial charge in [-0.25, -0.2) is 4.39 Å². The van der Waals surface area contributed by atoms with Crippen LogP contribution in [0.15, 0.2) is 48.6 Å². The molecule has 0 aliphatic carbocycles. The first-order valence-corrected chi connectivity index (χ1v) is 6.23. The minimum absolute atomic E-state index is 0.148. The Labute approximate surface area is 110 Å². The van der Waals surface area contributed by atoms with Crippen molar-refractivity contribution in [2.24, 2.45) is 0 Å². The average molecular weight is 244 g/mol. The van der Waals surface area contributed by atoms with Gasteiger partial charge in [0.1, 0.15) is 5.82 Å². The summed E-state index contributed by atoms with van der Waals surface area (Å²) in [5.74, 6) is 0.199. The van der Waals surface area contributed by atoms with E-state index in [0.717, 1.165) is 16.7 Å². The van der Waals surface area contributed by atoms with Crippen LogP contribution >= 0.6 is 0 Å². The first-order chi connectivity index (χ1) is 8.47. The molecule has 18 heavy (non-hydrogen) atoms. The van der Waals surface area contributed by atoms with E-state index in [4.69, 9.17) is 0 Å². The fourth-order valence-electron chi connectivity index (χ4n) is 1.74. The van der Waals surface area contributed by atoms with Crippen molar-refractivity contribution in [1.82, 2.24) is 0 Å². The number of allylic oxidation sites excluding steroid dienone is 5. The van der Waals surface area contributed by atoms with Crippen LogP contribution in [-0.4, -0.2) is 0 Å². The summed E-state index contributed by atoms with van der Waals surface area (Å²) >= 11 is 0. The van der Waals surface area contributed by atoms with E-state index < -0.39 is 0 Å². The minimum Gasteiger partial charge on any atom is -0.206 e. The Kier molecular flexibility index (Phi) is 5.08. The molecule has 1 aromatic rings. The van der Waals surface area contributed by atoms with E-state index in [0.29, 0.717) is 11.5 Å². The van der Waals surface area contributed by atoms with Crippen LogP contribution in [-0.2, 0) is 0 Å². The maximum Gasteiger partial charge on any atom is 0.130 e. The highest BCUT2D eigenvalue weighted by atomic mass is 19.1. The second-order valence-electron chi connectivity index (χ2n) is 4.80. The van der Waals surface area contributed by atoms with Gasteiger partial charge in [-0.2, -0.15) is 0 Å². The zero-order valence-corrected chi connectivity index (χ0v) is 11.6. The predicted octanol–water partition coefficient (Wildman–Crippen LogP) is 5.48. The smallest absolute Gasteiger partial charge is 0.130 e. The summed E-state index contributed by atoms with van der Waals surface area (Å²) < 4.78 is 14.1. The van der Waals surface area contributed by atoms with Crippen LogP contribution in [0.25, 0.3) is 5.57 Å². The van der Waals surface area contributed by atoms with Gasteiger partial charge in [-0.3, -0.25) is 0 Å². The molecule has 0 aromatic heterocycles. The second kappa shape index (κ2) is 6.34. The van der Waals surface area contributed by atoms with E-state index in [1.54, 1.807) is 12.1 Å². The molecule has 1 aromatic carbocycles. The van der Waals surface area contributed by atoms with Gasteiger partial charge >= 0.3 is 0 Å². The SMILES string of the molecule is C=C/C=C\C(C)=C(/C)c1ccc(C(C)C)cc1F. The van der Waals surface area contributed by atoms with Crippen LogP contribution in [0.5, 0.6) is 0 Å². The Morgan fingerprint density at radius 2 is 1.94 bits per heavy atom. The summed E-state index contributed by atoms with van der Waals surface area (Å²) in [4.78, 5) is 0. The van der Waals surface area contributed by atoms with Gasteiger partial charge in [0.2, 0.25) is 0 Å². The largest absolute Gasteiger partial charge is 0.206 e. The van der Waals surface area contributed by atoms with Gasteiger partial charge in [-0.1, -0.05) is 50.8 Å². The Morgan fingerprint density at radius 3 is 2.44 bits per heavy atom. The highest BCUT2D eigenvalue weighted by Gasteiger charge is 2.08. The quantitative estimate of drug-likeness (QED) is 0.615. The molecule has 1 rings (SSSR count). The van der Waals surface area contributed by atoms with Crippen LogP contribution < -0.4 is 0 Å². The van der Waals surface area contributed by atoms with Gasteiger partial charge in [0, 0.05) is 5.56 Å². The fourth-order valence-corrected chi connectivity index (χ4v) is 1.74. The third-order valence-electron chi connectivity index (χ3n) is 3.14. The molecule has 0 fully saturated rings. The molecule has 0 spiro atoms. The van der Waals surface area contributed by atoms with Gasteiger partial charge in [-0.05, 0) is 42.5 Å². The molecular formula is C17H21F. The van der Waals surface area contributed by atoms with Crippen LogP contribution in [0.4, 0.5) is 4.39 Å². The standard InChI is InChI=1S/C17H21F/c1-6-7-8-13(4)14(5)16-10-9-15(12(2)3)11-17(16)18/h6-12H,1H2,2-5H3/b8-7-,14-13+. The van der Waals surface area contributed by atoms with E-state index in [9.17, 15) is 4.39 Å². The zero-order chi connectivity index (χ0) is 13.7. The molecule has 1 heteroatoms. The lowest BCUT2D eigenvalue weighted by Crippen LogP contribution is -1.94. The normalized spacial score (nSPS) is 13.0. The van der Waals surface area contributed by atoms with Crippen LogP contribution in [0.1, 0.15) is 44.7 Å². The van der Waals surface area contributed by atoms with Crippen molar-refractivity contribution in [1.29, 1.82) is 0 Å². The molecule has 0 atom stereocenters. The molecule has 0 saturated carbocycles. The topological polar surface area (TPSA) is 0 Å². The maximum absolute atomic E-state index is 14.1. The Balaban J connectivity index is 3.18. The van der Waals surface area contributed by atoms with Crippen molar-refractivity contribution in [3.63, 3.8) is 0 Å². The van der Waals surface area contributed by atoms with E-state index in [-0.39, 0.29) is 5.82 Å². The number of hydrogen-bond acceptors (Lipinski definition) is 0. The molecule has 0 unspecified atom stereocenters. The molecule has 0 saturated heterocycles. The summed E-state index contributed by atoms with van der Waals surface area (Å²) in [6.07, 6.45) is 5.52. The van der Waals surface area contributed by atoms with Crippen molar-refractivity contribution in [3.05, 3.63) is 65.5 Å². The molecule has 0 heterocycles. The van der Waals surface area contributed by atoms with Crippen LogP contribution in [0.2, 0.25) is 0 Å². The maximum atomic E-state index is 14.1. The molecule has 0 aliphatic heterocycles. The molecular weight excluding hydrogens is 223 g/mol. The van der Waals surface area contributed by atoms with Crippen LogP contribution in [0.3, 0.4) is 0 Å². The van der Waals surface area contributed by atoms with E-state index in [1.807, 2.05) is 38.1 Å². The minimum atomic E-state index is -0.148. The van der Waals surface area contributed by atoms with Crippen LogP contribution in [0, 0.1) is 5.82 Å². The highest BCUT2D eigenvalue weighted by molar-refractivity contribution is 5.69. The third-order valence-corrected chi connectivity index (χ3v) is 3.14. The molecule has 0 aliphatic rings. The Bertz CT molecular complexity index is 490. The lowest BCUT2D eigenvalue weighted by atomic mass is 9.96. The average Bonchev–Trinajstić information content (AvgIpc) is 2.34. The Hall–Kier alpha value is -1.63. The van der Waals surface area contributed by atoms with Gasteiger partial charge in [-0.15, -0.1) is 0 Å². The molecule has 0 amide bonds. The first kappa shape index (κ1) is 14.4. The molecule has 0 N–H and O–H groups in total.